The summed E-state index contributed by atoms with van der Waals surface area (Å²) in [6, 6.07) is 5.36. The van der Waals surface area contributed by atoms with Gasteiger partial charge in [0, 0.05) is 37.2 Å². The van der Waals surface area contributed by atoms with Gasteiger partial charge in [0.05, 0.1) is 18.0 Å². The van der Waals surface area contributed by atoms with Crippen molar-refractivity contribution in [3.8, 4) is 0 Å². The van der Waals surface area contributed by atoms with Gasteiger partial charge in [-0.25, -0.2) is 0 Å². The van der Waals surface area contributed by atoms with E-state index in [1.54, 1.807) is 19.2 Å². The Bertz CT molecular complexity index is 528. The van der Waals surface area contributed by atoms with Gasteiger partial charge in [-0.1, -0.05) is 0 Å². The van der Waals surface area contributed by atoms with Crippen molar-refractivity contribution >= 4 is 41.7 Å². The third kappa shape index (κ3) is 5.49. The molecule has 1 aromatic carbocycles. The van der Waals surface area contributed by atoms with Crippen LogP contribution in [0.3, 0.4) is 0 Å². The van der Waals surface area contributed by atoms with E-state index in [9.17, 15) is 9.59 Å². The quantitative estimate of drug-likeness (QED) is 0.645. The molecule has 0 bridgehead atoms. The first-order chi connectivity index (χ1) is 10.2. The Balaban J connectivity index is 0.00000242. The van der Waals surface area contributed by atoms with E-state index in [1.165, 1.54) is 11.8 Å². The molecule has 22 heavy (non-hydrogen) atoms. The standard InChI is InChI=1S/C14H19N3O3S.ClH/c1-20-7-6-15-4-5-16-14(19)10-2-3-12-11(8-10)17-13(18)9-21-12;/h2-3,8,15H,4-7,9H2,1H3,(H,16,19)(H,17,18);1H. The number of ether oxygens (including phenoxy) is 1. The van der Waals surface area contributed by atoms with Crippen LogP contribution in [0.5, 0.6) is 0 Å². The first-order valence-corrected chi connectivity index (χ1v) is 7.74. The van der Waals surface area contributed by atoms with Crippen molar-refractivity contribution in [2.24, 2.45) is 0 Å². The molecule has 1 aliphatic rings. The van der Waals surface area contributed by atoms with Crippen LogP contribution in [0, 0.1) is 0 Å². The summed E-state index contributed by atoms with van der Waals surface area (Å²) in [6.07, 6.45) is 0. The predicted molar refractivity (Wildman–Crippen MR) is 90.1 cm³/mol. The van der Waals surface area contributed by atoms with Crippen LogP contribution in [0.2, 0.25) is 0 Å². The van der Waals surface area contributed by atoms with E-state index in [4.69, 9.17) is 4.74 Å². The topological polar surface area (TPSA) is 79.5 Å². The maximum absolute atomic E-state index is 12.0. The normalized spacial score (nSPS) is 12.9. The molecule has 1 aromatic rings. The lowest BCUT2D eigenvalue weighted by molar-refractivity contribution is -0.113. The number of rotatable bonds is 7. The molecule has 0 aromatic heterocycles. The fourth-order valence-electron chi connectivity index (χ4n) is 1.89. The Morgan fingerprint density at radius 2 is 2.18 bits per heavy atom. The van der Waals surface area contributed by atoms with Gasteiger partial charge in [0.2, 0.25) is 5.91 Å². The number of fused-ring (bicyclic) bond motifs is 1. The molecule has 0 fully saturated rings. The molecule has 3 N–H and O–H groups in total. The Morgan fingerprint density at radius 3 is 2.95 bits per heavy atom. The summed E-state index contributed by atoms with van der Waals surface area (Å²) in [5.74, 6) is 0.245. The fourth-order valence-corrected chi connectivity index (χ4v) is 2.68. The second-order valence-electron chi connectivity index (χ2n) is 4.55. The van der Waals surface area contributed by atoms with Crippen LogP contribution in [-0.4, -0.2) is 50.9 Å². The van der Waals surface area contributed by atoms with E-state index in [2.05, 4.69) is 16.0 Å². The van der Waals surface area contributed by atoms with E-state index in [-0.39, 0.29) is 24.2 Å². The third-order valence-corrected chi connectivity index (χ3v) is 4.02. The maximum atomic E-state index is 12.0. The Morgan fingerprint density at radius 1 is 1.36 bits per heavy atom. The highest BCUT2D eigenvalue weighted by atomic mass is 35.5. The van der Waals surface area contributed by atoms with E-state index in [1.807, 2.05) is 6.07 Å². The largest absolute Gasteiger partial charge is 0.383 e. The first kappa shape index (κ1) is 18.8. The molecule has 1 heterocycles. The third-order valence-electron chi connectivity index (χ3n) is 2.94. The van der Waals surface area contributed by atoms with E-state index in [0.29, 0.717) is 36.7 Å². The van der Waals surface area contributed by atoms with E-state index >= 15 is 0 Å². The summed E-state index contributed by atoms with van der Waals surface area (Å²) in [5.41, 5.74) is 1.26. The van der Waals surface area contributed by atoms with Gasteiger partial charge in [-0.15, -0.1) is 24.2 Å². The number of hydrogen-bond acceptors (Lipinski definition) is 5. The number of amides is 2. The van der Waals surface area contributed by atoms with Gasteiger partial charge in [-0.05, 0) is 18.2 Å². The zero-order chi connectivity index (χ0) is 15.1. The van der Waals surface area contributed by atoms with Crippen molar-refractivity contribution in [3.05, 3.63) is 23.8 Å². The van der Waals surface area contributed by atoms with Crippen LogP contribution in [0.4, 0.5) is 5.69 Å². The molecule has 0 aliphatic carbocycles. The van der Waals surface area contributed by atoms with Crippen molar-refractivity contribution in [3.63, 3.8) is 0 Å². The minimum atomic E-state index is -0.142. The molecule has 0 spiro atoms. The van der Waals surface area contributed by atoms with Gasteiger partial charge in [0.1, 0.15) is 0 Å². The molecule has 0 unspecified atom stereocenters. The van der Waals surface area contributed by atoms with Gasteiger partial charge in [0.25, 0.3) is 5.91 Å². The summed E-state index contributed by atoms with van der Waals surface area (Å²) < 4.78 is 4.91. The molecule has 6 nitrogen and oxygen atoms in total. The number of methoxy groups -OCH3 is 1. The number of benzene rings is 1. The number of nitrogens with one attached hydrogen (secondary N) is 3. The first-order valence-electron chi connectivity index (χ1n) is 6.75. The Kier molecular flexibility index (Phi) is 8.26. The van der Waals surface area contributed by atoms with Gasteiger partial charge < -0.3 is 20.7 Å². The van der Waals surface area contributed by atoms with Crippen LogP contribution in [0.25, 0.3) is 0 Å². The zero-order valence-electron chi connectivity index (χ0n) is 12.3. The van der Waals surface area contributed by atoms with Gasteiger partial charge >= 0.3 is 0 Å². The van der Waals surface area contributed by atoms with Crippen molar-refractivity contribution < 1.29 is 14.3 Å². The molecule has 0 saturated carbocycles. The van der Waals surface area contributed by atoms with Gasteiger partial charge in [-0.2, -0.15) is 0 Å². The predicted octanol–water partition coefficient (Wildman–Crippen LogP) is 1.12. The van der Waals surface area contributed by atoms with E-state index < -0.39 is 0 Å². The number of anilines is 1. The number of carbonyl (C=O) groups excluding carboxylic acids is 2. The molecule has 2 amide bonds. The molecule has 8 heteroatoms. The summed E-state index contributed by atoms with van der Waals surface area (Å²) >= 11 is 1.48. The minimum absolute atomic E-state index is 0. The van der Waals surface area contributed by atoms with Crippen molar-refractivity contribution in [2.75, 3.05) is 44.4 Å². The second-order valence-corrected chi connectivity index (χ2v) is 5.56. The summed E-state index contributed by atoms with van der Waals surface area (Å²) in [7, 11) is 1.65. The molecule has 0 radical (unpaired) electrons. The molecule has 0 saturated heterocycles. The average Bonchev–Trinajstić information content (AvgIpc) is 2.49. The lowest BCUT2D eigenvalue weighted by atomic mass is 10.2. The van der Waals surface area contributed by atoms with Crippen LogP contribution in [-0.2, 0) is 9.53 Å². The van der Waals surface area contributed by atoms with Crippen LogP contribution in [0.15, 0.2) is 23.1 Å². The van der Waals surface area contributed by atoms with Gasteiger partial charge in [0.15, 0.2) is 0 Å². The highest BCUT2D eigenvalue weighted by Gasteiger charge is 2.17. The van der Waals surface area contributed by atoms with Gasteiger partial charge in [-0.3, -0.25) is 9.59 Å². The molecular formula is C14H20ClN3O3S. The van der Waals surface area contributed by atoms with Crippen LogP contribution >= 0.6 is 24.2 Å². The zero-order valence-corrected chi connectivity index (χ0v) is 13.9. The minimum Gasteiger partial charge on any atom is -0.383 e. The van der Waals surface area contributed by atoms with Crippen molar-refractivity contribution in [2.45, 2.75) is 4.90 Å². The van der Waals surface area contributed by atoms with Crippen molar-refractivity contribution in [1.82, 2.24) is 10.6 Å². The van der Waals surface area contributed by atoms with Crippen LogP contribution in [0.1, 0.15) is 10.4 Å². The summed E-state index contributed by atoms with van der Waals surface area (Å²) in [5, 5.41) is 8.76. The maximum Gasteiger partial charge on any atom is 0.251 e. The molecule has 122 valence electrons. The number of hydrogen-bond donors (Lipinski definition) is 3. The molecule has 0 atom stereocenters. The fraction of sp³-hybridized carbons (Fsp3) is 0.429. The van der Waals surface area contributed by atoms with Crippen LogP contribution < -0.4 is 16.0 Å². The smallest absolute Gasteiger partial charge is 0.251 e. The lowest BCUT2D eigenvalue weighted by Crippen LogP contribution is -2.33. The second kappa shape index (κ2) is 9.68. The average molecular weight is 346 g/mol. The van der Waals surface area contributed by atoms with E-state index in [0.717, 1.165) is 11.4 Å². The lowest BCUT2D eigenvalue weighted by Gasteiger charge is -2.17. The molecular weight excluding hydrogens is 326 g/mol. The molecule has 2 rings (SSSR count). The van der Waals surface area contributed by atoms with Crippen molar-refractivity contribution in [1.29, 1.82) is 0 Å². The highest BCUT2D eigenvalue weighted by molar-refractivity contribution is 8.00. The number of thioether (sulfide) groups is 1. The number of halogens is 1. The Hall–Kier alpha value is -1.28. The summed E-state index contributed by atoms with van der Waals surface area (Å²) in [4.78, 5) is 24.4. The highest BCUT2D eigenvalue weighted by Crippen LogP contribution is 2.31. The number of carbonyl (C=O) groups is 2. The Labute approximate surface area is 140 Å². The summed E-state index contributed by atoms with van der Waals surface area (Å²) in [6.45, 7) is 2.64. The monoisotopic (exact) mass is 345 g/mol. The SMILES string of the molecule is COCCNCCNC(=O)c1ccc2c(c1)NC(=O)CS2.Cl. The molecule has 1 aliphatic heterocycles.